The molecule has 0 spiro atoms. The van der Waals surface area contributed by atoms with Crippen molar-refractivity contribution in [3.63, 3.8) is 0 Å². The van der Waals surface area contributed by atoms with Gasteiger partial charge in [0, 0.05) is 11.5 Å². The standard InChI is InChI=1S/C23H27NO3/c1-16-14-20(18-10-6-4-7-11-18)23(15-17(16)2,22(26)27-3)24-21(25)19-12-8-5-9-13-19/h4-13,16-17,20H,14-15H2,1-3H3,(H,24,25)/t16-,17+,20-,23-/m1/s1. The van der Waals surface area contributed by atoms with Crippen molar-refractivity contribution in [1.29, 1.82) is 0 Å². The summed E-state index contributed by atoms with van der Waals surface area (Å²) >= 11 is 0. The molecule has 2 aromatic rings. The molecule has 0 aromatic heterocycles. The summed E-state index contributed by atoms with van der Waals surface area (Å²) in [5.74, 6) is -0.0187. The topological polar surface area (TPSA) is 55.4 Å². The van der Waals surface area contributed by atoms with Gasteiger partial charge >= 0.3 is 5.97 Å². The van der Waals surface area contributed by atoms with Crippen molar-refractivity contribution in [2.75, 3.05) is 7.11 Å². The molecule has 2 aromatic carbocycles. The van der Waals surface area contributed by atoms with Crippen LogP contribution in [0.4, 0.5) is 0 Å². The van der Waals surface area contributed by atoms with Crippen LogP contribution >= 0.6 is 0 Å². The molecule has 0 radical (unpaired) electrons. The summed E-state index contributed by atoms with van der Waals surface area (Å²) in [4.78, 5) is 26.0. The lowest BCUT2D eigenvalue weighted by molar-refractivity contribution is -0.152. The van der Waals surface area contributed by atoms with E-state index in [4.69, 9.17) is 4.74 Å². The molecule has 1 aliphatic carbocycles. The molecule has 4 heteroatoms. The van der Waals surface area contributed by atoms with Gasteiger partial charge in [-0.05, 0) is 42.4 Å². The summed E-state index contributed by atoms with van der Waals surface area (Å²) in [6.07, 6.45) is 1.37. The van der Waals surface area contributed by atoms with Crippen molar-refractivity contribution in [3.8, 4) is 0 Å². The summed E-state index contributed by atoms with van der Waals surface area (Å²) in [6.45, 7) is 4.35. The summed E-state index contributed by atoms with van der Waals surface area (Å²) in [5.41, 5.74) is 0.517. The van der Waals surface area contributed by atoms with E-state index in [-0.39, 0.29) is 17.8 Å². The Hall–Kier alpha value is -2.62. The number of benzene rings is 2. The summed E-state index contributed by atoms with van der Waals surface area (Å²) in [5, 5.41) is 3.09. The minimum absolute atomic E-state index is 0.134. The molecular formula is C23H27NO3. The van der Waals surface area contributed by atoms with Crippen molar-refractivity contribution in [1.82, 2.24) is 5.32 Å². The third-order valence-electron chi connectivity index (χ3n) is 5.94. The van der Waals surface area contributed by atoms with Gasteiger partial charge in [-0.25, -0.2) is 4.79 Å². The van der Waals surface area contributed by atoms with Gasteiger partial charge in [-0.1, -0.05) is 62.4 Å². The van der Waals surface area contributed by atoms with Crippen LogP contribution in [0.5, 0.6) is 0 Å². The molecule has 4 atom stereocenters. The minimum atomic E-state index is -1.07. The van der Waals surface area contributed by atoms with Gasteiger partial charge < -0.3 is 10.1 Å². The molecule has 3 rings (SSSR count). The predicted molar refractivity (Wildman–Crippen MR) is 105 cm³/mol. The van der Waals surface area contributed by atoms with Crippen LogP contribution in [0.25, 0.3) is 0 Å². The van der Waals surface area contributed by atoms with Crippen LogP contribution in [0.2, 0.25) is 0 Å². The quantitative estimate of drug-likeness (QED) is 0.827. The highest BCUT2D eigenvalue weighted by atomic mass is 16.5. The molecule has 1 aliphatic rings. The minimum Gasteiger partial charge on any atom is -0.467 e. The van der Waals surface area contributed by atoms with E-state index in [0.29, 0.717) is 23.8 Å². The predicted octanol–water partition coefficient (Wildman–Crippen LogP) is 4.18. The molecule has 0 unspecified atom stereocenters. The Morgan fingerprint density at radius 2 is 1.56 bits per heavy atom. The fraction of sp³-hybridized carbons (Fsp3) is 0.391. The number of methoxy groups -OCH3 is 1. The van der Waals surface area contributed by atoms with Crippen LogP contribution in [0, 0.1) is 11.8 Å². The Bertz CT molecular complexity index is 790. The molecule has 0 saturated heterocycles. The Morgan fingerprint density at radius 1 is 0.963 bits per heavy atom. The fourth-order valence-electron chi connectivity index (χ4n) is 4.22. The molecule has 142 valence electrons. The normalized spacial score (nSPS) is 27.6. The Balaban J connectivity index is 2.05. The highest BCUT2D eigenvalue weighted by Crippen LogP contribution is 2.46. The smallest absolute Gasteiger partial charge is 0.332 e. The maximum Gasteiger partial charge on any atom is 0.332 e. The molecule has 0 bridgehead atoms. The zero-order valence-corrected chi connectivity index (χ0v) is 16.1. The summed E-state index contributed by atoms with van der Waals surface area (Å²) < 4.78 is 5.21. The molecule has 1 N–H and O–H groups in total. The van der Waals surface area contributed by atoms with Gasteiger partial charge in [-0.2, -0.15) is 0 Å². The van der Waals surface area contributed by atoms with Gasteiger partial charge in [-0.15, -0.1) is 0 Å². The van der Waals surface area contributed by atoms with Gasteiger partial charge in [0.2, 0.25) is 0 Å². The lowest BCUT2D eigenvalue weighted by Crippen LogP contribution is -2.62. The van der Waals surface area contributed by atoms with Crippen LogP contribution in [0.1, 0.15) is 48.5 Å². The molecule has 1 fully saturated rings. The van der Waals surface area contributed by atoms with E-state index in [0.717, 1.165) is 12.0 Å². The molecule has 27 heavy (non-hydrogen) atoms. The highest BCUT2D eigenvalue weighted by molar-refractivity contribution is 5.98. The molecule has 1 saturated carbocycles. The molecule has 4 nitrogen and oxygen atoms in total. The Kier molecular flexibility index (Phi) is 5.64. The first-order chi connectivity index (χ1) is 13.0. The third-order valence-corrected chi connectivity index (χ3v) is 5.94. The van der Waals surface area contributed by atoms with Crippen LogP contribution in [-0.2, 0) is 9.53 Å². The summed E-state index contributed by atoms with van der Waals surface area (Å²) in [6, 6.07) is 19.0. The van der Waals surface area contributed by atoms with E-state index >= 15 is 0 Å². The first kappa shape index (κ1) is 19.2. The van der Waals surface area contributed by atoms with Crippen molar-refractivity contribution < 1.29 is 14.3 Å². The third kappa shape index (κ3) is 3.75. The maximum absolute atomic E-state index is 13.1. The number of rotatable bonds is 4. The van der Waals surface area contributed by atoms with Gasteiger partial charge in [0.05, 0.1) is 7.11 Å². The number of hydrogen-bond donors (Lipinski definition) is 1. The first-order valence-corrected chi connectivity index (χ1v) is 9.49. The average molecular weight is 365 g/mol. The van der Waals surface area contributed by atoms with Crippen molar-refractivity contribution in [2.24, 2.45) is 11.8 Å². The van der Waals surface area contributed by atoms with Crippen LogP contribution in [0.15, 0.2) is 60.7 Å². The van der Waals surface area contributed by atoms with Crippen molar-refractivity contribution in [3.05, 3.63) is 71.8 Å². The number of amides is 1. The molecule has 1 amide bonds. The monoisotopic (exact) mass is 365 g/mol. The number of esters is 1. The van der Waals surface area contributed by atoms with Crippen molar-refractivity contribution in [2.45, 2.75) is 38.1 Å². The second-order valence-corrected chi connectivity index (χ2v) is 7.64. The summed E-state index contributed by atoms with van der Waals surface area (Å²) in [7, 11) is 1.39. The van der Waals surface area contributed by atoms with Crippen LogP contribution in [0.3, 0.4) is 0 Å². The van der Waals surface area contributed by atoms with E-state index in [9.17, 15) is 9.59 Å². The Labute approximate surface area is 160 Å². The number of carbonyl (C=O) groups excluding carboxylic acids is 2. The lowest BCUT2D eigenvalue weighted by Gasteiger charge is -2.47. The molecule has 0 heterocycles. The molecule has 0 aliphatic heterocycles. The largest absolute Gasteiger partial charge is 0.467 e. The zero-order chi connectivity index (χ0) is 19.4. The molecular weight excluding hydrogens is 338 g/mol. The number of nitrogens with one attached hydrogen (secondary N) is 1. The second-order valence-electron chi connectivity index (χ2n) is 7.64. The van der Waals surface area contributed by atoms with Gasteiger partial charge in [0.25, 0.3) is 5.91 Å². The van der Waals surface area contributed by atoms with Crippen molar-refractivity contribution >= 4 is 11.9 Å². The van der Waals surface area contributed by atoms with E-state index in [1.165, 1.54) is 7.11 Å². The number of hydrogen-bond acceptors (Lipinski definition) is 3. The zero-order valence-electron chi connectivity index (χ0n) is 16.1. The maximum atomic E-state index is 13.1. The number of carbonyl (C=O) groups is 2. The van der Waals surface area contributed by atoms with E-state index < -0.39 is 5.54 Å². The van der Waals surface area contributed by atoms with E-state index in [1.807, 2.05) is 48.5 Å². The van der Waals surface area contributed by atoms with E-state index in [1.54, 1.807) is 12.1 Å². The number of ether oxygens (including phenoxy) is 1. The highest BCUT2D eigenvalue weighted by Gasteiger charge is 2.53. The lowest BCUT2D eigenvalue weighted by atomic mass is 9.62. The van der Waals surface area contributed by atoms with Gasteiger partial charge in [0.15, 0.2) is 0 Å². The first-order valence-electron chi connectivity index (χ1n) is 9.49. The van der Waals surface area contributed by atoms with Gasteiger partial charge in [0.1, 0.15) is 5.54 Å². The Morgan fingerprint density at radius 3 is 2.15 bits per heavy atom. The fourth-order valence-corrected chi connectivity index (χ4v) is 4.22. The van der Waals surface area contributed by atoms with Crippen LogP contribution in [-0.4, -0.2) is 24.5 Å². The van der Waals surface area contributed by atoms with E-state index in [2.05, 4.69) is 19.2 Å². The SMILES string of the molecule is COC(=O)[C@@]1(NC(=O)c2ccccc2)C[C@H](C)[C@H](C)C[C@@H]1c1ccccc1. The second kappa shape index (κ2) is 7.95. The average Bonchev–Trinajstić information content (AvgIpc) is 2.71. The van der Waals surface area contributed by atoms with Crippen LogP contribution < -0.4 is 5.32 Å². The van der Waals surface area contributed by atoms with Gasteiger partial charge in [-0.3, -0.25) is 4.79 Å².